The molecule has 0 spiro atoms. The van der Waals surface area contributed by atoms with E-state index in [4.69, 9.17) is 15.1 Å². The van der Waals surface area contributed by atoms with E-state index in [0.29, 0.717) is 13.0 Å². The minimum atomic E-state index is -1.61. The van der Waals surface area contributed by atoms with Crippen LogP contribution >= 0.6 is 0 Å². The van der Waals surface area contributed by atoms with Gasteiger partial charge in [0.1, 0.15) is 0 Å². The van der Waals surface area contributed by atoms with Gasteiger partial charge in [0.2, 0.25) is 0 Å². The van der Waals surface area contributed by atoms with Crippen molar-refractivity contribution >= 4 is 8.32 Å². The van der Waals surface area contributed by atoms with Gasteiger partial charge in [0, 0.05) is 18.1 Å². The lowest BCUT2D eigenvalue weighted by atomic mass is 10.2. The number of hydrogen-bond donors (Lipinski definition) is 1. The highest BCUT2D eigenvalue weighted by atomic mass is 28.4. The summed E-state index contributed by atoms with van der Waals surface area (Å²) in [4.78, 5) is 2.77. The molecule has 0 unspecified atom stereocenters. The van der Waals surface area contributed by atoms with Gasteiger partial charge >= 0.3 is 0 Å². The van der Waals surface area contributed by atoms with E-state index in [1.807, 2.05) is 0 Å². The fourth-order valence-corrected chi connectivity index (χ4v) is 3.39. The average molecular weight is 245 g/mol. The minimum absolute atomic E-state index is 0.0317. The quantitative estimate of drug-likeness (QED) is 0.293. The first-order chi connectivity index (χ1) is 7.55. The Balaban J connectivity index is 4.01. The Hall–Kier alpha value is -0.553. The van der Waals surface area contributed by atoms with Gasteiger partial charge in [0.25, 0.3) is 0 Å². The highest BCUT2D eigenvalue weighted by Gasteiger charge is 2.22. The highest BCUT2D eigenvalue weighted by Crippen LogP contribution is 2.16. The van der Waals surface area contributed by atoms with Crippen LogP contribution < -0.4 is 0 Å². The molecule has 0 radical (unpaired) electrons. The van der Waals surface area contributed by atoms with Crippen LogP contribution in [0, 0.1) is 0 Å². The van der Waals surface area contributed by atoms with Crippen molar-refractivity contribution in [2.45, 2.75) is 51.4 Å². The van der Waals surface area contributed by atoms with Crippen molar-refractivity contribution < 1.29 is 9.53 Å². The molecule has 1 atom stereocenters. The summed E-state index contributed by atoms with van der Waals surface area (Å²) < 4.78 is 5.86. The summed E-state index contributed by atoms with van der Waals surface area (Å²) in [6.07, 6.45) is 2.84. The van der Waals surface area contributed by atoms with Crippen molar-refractivity contribution in [2.24, 2.45) is 5.11 Å². The molecule has 0 saturated heterocycles. The molecule has 16 heavy (non-hydrogen) atoms. The van der Waals surface area contributed by atoms with Crippen molar-refractivity contribution in [1.82, 2.24) is 0 Å². The average Bonchev–Trinajstić information content (AvgIpc) is 2.24. The standard InChI is InChI=1S/C10H23N3O2Si/c1-4-5-8-16(2,3)15-9-10(6-7-14)12-13-11/h10,14H,4-9H2,1-3H3/t10-/m1/s1. The molecule has 0 bridgehead atoms. The molecule has 0 aliphatic rings. The van der Waals surface area contributed by atoms with Gasteiger partial charge in [-0.3, -0.25) is 0 Å². The van der Waals surface area contributed by atoms with Crippen molar-refractivity contribution in [1.29, 1.82) is 0 Å². The van der Waals surface area contributed by atoms with Crippen molar-refractivity contribution in [3.63, 3.8) is 0 Å². The molecule has 0 aliphatic heterocycles. The van der Waals surface area contributed by atoms with Gasteiger partial charge in [-0.15, -0.1) is 0 Å². The zero-order chi connectivity index (χ0) is 12.4. The van der Waals surface area contributed by atoms with Crippen LogP contribution in [-0.2, 0) is 4.43 Å². The van der Waals surface area contributed by atoms with E-state index in [1.54, 1.807) is 0 Å². The van der Waals surface area contributed by atoms with Gasteiger partial charge in [0.05, 0.1) is 6.04 Å². The molecular formula is C10H23N3O2Si. The zero-order valence-electron chi connectivity index (χ0n) is 10.5. The molecular weight excluding hydrogens is 222 g/mol. The van der Waals surface area contributed by atoms with Gasteiger partial charge in [-0.05, 0) is 31.1 Å². The molecule has 0 aliphatic carbocycles. The Bertz CT molecular complexity index is 230. The minimum Gasteiger partial charge on any atom is -0.417 e. The Labute approximate surface area is 98.6 Å². The van der Waals surface area contributed by atoms with Crippen LogP contribution in [0.3, 0.4) is 0 Å². The smallest absolute Gasteiger partial charge is 0.186 e. The number of unbranched alkanes of at least 4 members (excludes halogenated alkanes) is 1. The van der Waals surface area contributed by atoms with Crippen LogP contribution in [0.1, 0.15) is 26.2 Å². The van der Waals surface area contributed by atoms with Crippen molar-refractivity contribution in [3.05, 3.63) is 10.4 Å². The number of aliphatic hydroxyl groups excluding tert-OH is 1. The highest BCUT2D eigenvalue weighted by molar-refractivity contribution is 6.71. The first-order valence-electron chi connectivity index (χ1n) is 5.84. The number of azide groups is 1. The topological polar surface area (TPSA) is 78.2 Å². The largest absolute Gasteiger partial charge is 0.417 e. The monoisotopic (exact) mass is 245 g/mol. The van der Waals surface area contributed by atoms with Crippen LogP contribution in [0.25, 0.3) is 10.4 Å². The lowest BCUT2D eigenvalue weighted by Gasteiger charge is -2.24. The number of aliphatic hydroxyl groups is 1. The van der Waals surface area contributed by atoms with E-state index in [9.17, 15) is 0 Å². The molecule has 0 fully saturated rings. The molecule has 0 amide bonds. The number of hydrogen-bond acceptors (Lipinski definition) is 3. The summed E-state index contributed by atoms with van der Waals surface area (Å²) in [7, 11) is -1.61. The molecule has 0 aromatic heterocycles. The summed E-state index contributed by atoms with van der Waals surface area (Å²) in [6.45, 7) is 6.99. The Kier molecular flexibility index (Phi) is 8.29. The van der Waals surface area contributed by atoms with Crippen LogP contribution in [0.4, 0.5) is 0 Å². The molecule has 94 valence electrons. The fraction of sp³-hybridized carbons (Fsp3) is 1.00. The molecule has 0 saturated carbocycles. The zero-order valence-corrected chi connectivity index (χ0v) is 11.5. The molecule has 0 aromatic carbocycles. The van der Waals surface area contributed by atoms with Crippen molar-refractivity contribution in [3.8, 4) is 0 Å². The SMILES string of the molecule is CCCC[Si](C)(C)OC[C@@H](CCO)N=[N+]=[N-]. The van der Waals surface area contributed by atoms with E-state index >= 15 is 0 Å². The first kappa shape index (κ1) is 15.4. The third-order valence-electron chi connectivity index (χ3n) is 2.48. The maximum Gasteiger partial charge on any atom is 0.186 e. The van der Waals surface area contributed by atoms with E-state index in [2.05, 4.69) is 30.0 Å². The lowest BCUT2D eigenvalue weighted by Crippen LogP contribution is -2.33. The first-order valence-corrected chi connectivity index (χ1v) is 8.96. The molecule has 0 rings (SSSR count). The maximum absolute atomic E-state index is 8.81. The normalized spacial score (nSPS) is 13.2. The van der Waals surface area contributed by atoms with Gasteiger partial charge < -0.3 is 9.53 Å². The fourth-order valence-electron chi connectivity index (χ4n) is 1.39. The summed E-state index contributed by atoms with van der Waals surface area (Å²) in [5.41, 5.74) is 8.37. The van der Waals surface area contributed by atoms with E-state index in [0.717, 1.165) is 6.04 Å². The molecule has 6 heteroatoms. The second-order valence-electron chi connectivity index (χ2n) is 4.55. The summed E-state index contributed by atoms with van der Waals surface area (Å²) in [5.74, 6) is 0. The Morgan fingerprint density at radius 1 is 1.50 bits per heavy atom. The molecule has 1 N–H and O–H groups in total. The van der Waals surface area contributed by atoms with Crippen LogP contribution in [0.5, 0.6) is 0 Å². The predicted octanol–water partition coefficient (Wildman–Crippen LogP) is 3.07. The summed E-state index contributed by atoms with van der Waals surface area (Å²) in [5, 5.41) is 12.4. The lowest BCUT2D eigenvalue weighted by molar-refractivity contribution is 0.228. The van der Waals surface area contributed by atoms with Crippen molar-refractivity contribution in [2.75, 3.05) is 13.2 Å². The predicted molar refractivity (Wildman–Crippen MR) is 67.8 cm³/mol. The molecule has 5 nitrogen and oxygen atoms in total. The van der Waals surface area contributed by atoms with Crippen LogP contribution in [0.2, 0.25) is 19.1 Å². The van der Waals surface area contributed by atoms with Crippen LogP contribution in [-0.4, -0.2) is 32.7 Å². The van der Waals surface area contributed by atoms with Gasteiger partial charge in [0.15, 0.2) is 8.32 Å². The number of rotatable bonds is 9. The molecule has 0 heterocycles. The van der Waals surface area contributed by atoms with E-state index in [1.165, 1.54) is 12.8 Å². The van der Waals surface area contributed by atoms with Gasteiger partial charge in [-0.2, -0.15) is 0 Å². The third kappa shape index (κ3) is 7.70. The summed E-state index contributed by atoms with van der Waals surface area (Å²) in [6, 6.07) is 0.898. The van der Waals surface area contributed by atoms with Crippen LogP contribution in [0.15, 0.2) is 5.11 Å². The Morgan fingerprint density at radius 3 is 2.69 bits per heavy atom. The maximum atomic E-state index is 8.81. The van der Waals surface area contributed by atoms with E-state index < -0.39 is 8.32 Å². The Morgan fingerprint density at radius 2 is 2.19 bits per heavy atom. The number of nitrogens with zero attached hydrogens (tertiary/aromatic N) is 3. The summed E-state index contributed by atoms with van der Waals surface area (Å²) >= 11 is 0. The second kappa shape index (κ2) is 8.58. The van der Waals surface area contributed by atoms with Gasteiger partial charge in [-0.1, -0.05) is 24.9 Å². The molecule has 0 aromatic rings. The van der Waals surface area contributed by atoms with Gasteiger partial charge in [-0.25, -0.2) is 0 Å². The third-order valence-corrected chi connectivity index (χ3v) is 4.98. The second-order valence-corrected chi connectivity index (χ2v) is 8.85. The van der Waals surface area contributed by atoms with E-state index in [-0.39, 0.29) is 12.6 Å².